The minimum atomic E-state index is -3.40. The van der Waals surface area contributed by atoms with E-state index >= 15 is 0 Å². The van der Waals surface area contributed by atoms with Crippen molar-refractivity contribution in [2.45, 2.75) is 23.5 Å². The van der Waals surface area contributed by atoms with E-state index in [9.17, 15) is 8.42 Å². The Bertz CT molecular complexity index is 2130. The third-order valence-electron chi connectivity index (χ3n) is 7.79. The number of fused-ring (bicyclic) bond motifs is 1. The number of sulfone groups is 1. The molecule has 0 atom stereocenters. The van der Waals surface area contributed by atoms with Gasteiger partial charge in [-0.05, 0) is 79.1 Å². The Morgan fingerprint density at radius 3 is 2.31 bits per heavy atom. The van der Waals surface area contributed by atoms with Gasteiger partial charge in [-0.15, -0.1) is 11.3 Å². The number of pyridine rings is 1. The summed E-state index contributed by atoms with van der Waals surface area (Å²) in [5.41, 5.74) is 7.00. The summed E-state index contributed by atoms with van der Waals surface area (Å²) >= 11 is 9.08. The fourth-order valence-corrected chi connectivity index (χ4v) is 7.21. The van der Waals surface area contributed by atoms with E-state index < -0.39 is 14.6 Å². The SMILES string of the molecule is COOSc1ccc(-c2nc(-c3cccc(Cl)c3)sc2-c2cccc(-c3cc(C(C)(C)S(C)(=O)=O)cc4cccnc34)c2)cc1. The Morgan fingerprint density at radius 1 is 0.844 bits per heavy atom. The molecule has 0 bridgehead atoms. The number of aromatic nitrogens is 2. The Morgan fingerprint density at radius 2 is 1.58 bits per heavy atom. The van der Waals surface area contributed by atoms with Gasteiger partial charge in [0.15, 0.2) is 9.84 Å². The van der Waals surface area contributed by atoms with Crippen molar-refractivity contribution in [3.8, 4) is 43.4 Å². The zero-order valence-electron chi connectivity index (χ0n) is 24.9. The highest BCUT2D eigenvalue weighted by Crippen LogP contribution is 2.43. The van der Waals surface area contributed by atoms with E-state index in [1.54, 1.807) is 31.4 Å². The molecule has 6 nitrogen and oxygen atoms in total. The lowest BCUT2D eigenvalue weighted by molar-refractivity contribution is -0.160. The molecular weight excluding hydrogens is 644 g/mol. The summed E-state index contributed by atoms with van der Waals surface area (Å²) in [6.45, 7) is 3.48. The Kier molecular flexibility index (Phi) is 8.85. The molecule has 6 aromatic rings. The van der Waals surface area contributed by atoms with Crippen LogP contribution in [0.4, 0.5) is 0 Å². The second-order valence-corrected chi connectivity index (χ2v) is 15.8. The van der Waals surface area contributed by atoms with Gasteiger partial charge in [0.05, 0.1) is 40.0 Å². The smallest absolute Gasteiger partial charge is 0.156 e. The number of thiazole rings is 1. The standard InChI is InChI=1S/C35H29ClN2O4S3/c1-35(2,45(4,39)40)27-19-24-11-7-17-37-31(24)30(21-27)23-8-5-9-25(18-23)33-32(22-13-15-29(16-14-22)44-42-41-3)38-34(43-33)26-10-6-12-28(36)20-26/h5-21H,1-4H3. The van der Waals surface area contributed by atoms with Gasteiger partial charge >= 0.3 is 0 Å². The predicted molar refractivity (Wildman–Crippen MR) is 186 cm³/mol. The molecule has 6 rings (SSSR count). The summed E-state index contributed by atoms with van der Waals surface area (Å²) in [4.78, 5) is 16.4. The first kappa shape index (κ1) is 31.4. The average molecular weight is 673 g/mol. The normalized spacial score (nSPS) is 12.1. The number of hydrogen-bond acceptors (Lipinski definition) is 8. The van der Waals surface area contributed by atoms with Gasteiger partial charge in [-0.1, -0.05) is 60.1 Å². The van der Waals surface area contributed by atoms with E-state index in [1.165, 1.54) is 13.4 Å². The highest BCUT2D eigenvalue weighted by Gasteiger charge is 2.33. The van der Waals surface area contributed by atoms with E-state index in [1.807, 2.05) is 84.9 Å². The minimum Gasteiger partial charge on any atom is -0.256 e. The minimum absolute atomic E-state index is 0.642. The molecule has 45 heavy (non-hydrogen) atoms. The number of nitrogens with zero attached hydrogens (tertiary/aromatic N) is 2. The van der Waals surface area contributed by atoms with Crippen LogP contribution in [0.3, 0.4) is 0 Å². The average Bonchev–Trinajstić information content (AvgIpc) is 3.49. The van der Waals surface area contributed by atoms with Crippen LogP contribution in [-0.2, 0) is 23.8 Å². The van der Waals surface area contributed by atoms with E-state index in [0.29, 0.717) is 10.6 Å². The first-order valence-corrected chi connectivity index (χ1v) is 17.8. The predicted octanol–water partition coefficient (Wildman–Crippen LogP) is 9.88. The Hall–Kier alpha value is -3.57. The third kappa shape index (κ3) is 6.42. The first-order valence-electron chi connectivity index (χ1n) is 14.0. The first-order chi connectivity index (χ1) is 21.5. The summed E-state index contributed by atoms with van der Waals surface area (Å²) in [6.07, 6.45) is 3.04. The van der Waals surface area contributed by atoms with Crippen LogP contribution in [0.1, 0.15) is 19.4 Å². The molecule has 0 spiro atoms. The number of rotatable bonds is 9. The second-order valence-electron chi connectivity index (χ2n) is 11.0. The van der Waals surface area contributed by atoms with Crippen molar-refractivity contribution in [3.05, 3.63) is 114 Å². The van der Waals surface area contributed by atoms with E-state index in [2.05, 4.69) is 12.1 Å². The lowest BCUT2D eigenvalue weighted by Crippen LogP contribution is -2.28. The van der Waals surface area contributed by atoms with Crippen LogP contribution in [0.15, 0.2) is 108 Å². The molecule has 0 saturated heterocycles. The molecule has 0 aliphatic heterocycles. The van der Waals surface area contributed by atoms with Gasteiger partial charge in [0.25, 0.3) is 0 Å². The summed E-state index contributed by atoms with van der Waals surface area (Å²) < 4.78 is 29.6. The fourth-order valence-electron chi connectivity index (χ4n) is 5.00. The van der Waals surface area contributed by atoms with Gasteiger partial charge in [-0.25, -0.2) is 18.3 Å². The van der Waals surface area contributed by atoms with Crippen molar-refractivity contribution in [1.29, 1.82) is 0 Å². The fraction of sp³-hybridized carbons (Fsp3) is 0.143. The lowest BCUT2D eigenvalue weighted by Gasteiger charge is -2.24. The van der Waals surface area contributed by atoms with Gasteiger partial charge in [-0.3, -0.25) is 4.98 Å². The molecule has 2 aromatic heterocycles. The van der Waals surface area contributed by atoms with E-state index in [4.69, 9.17) is 30.8 Å². The number of halogens is 1. The molecule has 0 radical (unpaired) electrons. The molecule has 0 N–H and O–H groups in total. The van der Waals surface area contributed by atoms with Gasteiger partial charge in [-0.2, -0.15) is 4.33 Å². The topological polar surface area (TPSA) is 78.4 Å². The summed E-state index contributed by atoms with van der Waals surface area (Å²) in [7, 11) is -1.93. The molecule has 228 valence electrons. The highest BCUT2D eigenvalue weighted by atomic mass is 35.5. The van der Waals surface area contributed by atoms with Gasteiger partial charge in [0, 0.05) is 44.4 Å². The number of hydrogen-bond donors (Lipinski definition) is 0. The second kappa shape index (κ2) is 12.7. The van der Waals surface area contributed by atoms with Crippen molar-refractivity contribution in [2.24, 2.45) is 0 Å². The molecule has 0 fully saturated rings. The van der Waals surface area contributed by atoms with Gasteiger partial charge < -0.3 is 0 Å². The zero-order valence-corrected chi connectivity index (χ0v) is 28.2. The van der Waals surface area contributed by atoms with Crippen LogP contribution in [0.5, 0.6) is 0 Å². The maximum atomic E-state index is 12.8. The van der Waals surface area contributed by atoms with Crippen LogP contribution in [0.2, 0.25) is 5.02 Å². The molecular formula is C35H29ClN2O4S3. The summed E-state index contributed by atoms with van der Waals surface area (Å²) in [5, 5.41) is 2.37. The van der Waals surface area contributed by atoms with Crippen molar-refractivity contribution >= 4 is 55.7 Å². The molecule has 0 unspecified atom stereocenters. The Labute approximate surface area is 276 Å². The molecule has 0 aliphatic rings. The molecule has 0 amide bonds. The molecule has 2 heterocycles. The molecule has 0 aliphatic carbocycles. The van der Waals surface area contributed by atoms with Crippen LogP contribution in [0.25, 0.3) is 54.3 Å². The highest BCUT2D eigenvalue weighted by molar-refractivity contribution is 7.94. The number of benzene rings is 4. The molecule has 0 saturated carbocycles. The maximum absolute atomic E-state index is 12.8. The Balaban J connectivity index is 1.52. The third-order valence-corrected chi connectivity index (χ3v) is 11.9. The van der Waals surface area contributed by atoms with Crippen molar-refractivity contribution in [2.75, 3.05) is 13.4 Å². The van der Waals surface area contributed by atoms with Gasteiger partial charge in [0.1, 0.15) is 5.01 Å². The largest absolute Gasteiger partial charge is 0.256 e. The van der Waals surface area contributed by atoms with Crippen LogP contribution in [0, 0.1) is 0 Å². The van der Waals surface area contributed by atoms with Crippen LogP contribution in [-0.4, -0.2) is 31.8 Å². The van der Waals surface area contributed by atoms with Crippen molar-refractivity contribution in [1.82, 2.24) is 9.97 Å². The van der Waals surface area contributed by atoms with Crippen molar-refractivity contribution < 1.29 is 17.6 Å². The van der Waals surface area contributed by atoms with Crippen molar-refractivity contribution in [3.63, 3.8) is 0 Å². The molecule has 10 heteroatoms. The quantitative estimate of drug-likeness (QED) is 0.0859. The zero-order chi connectivity index (χ0) is 31.8. The van der Waals surface area contributed by atoms with Crippen LogP contribution >= 0.6 is 35.0 Å². The van der Waals surface area contributed by atoms with E-state index in [0.717, 1.165) is 71.2 Å². The van der Waals surface area contributed by atoms with Gasteiger partial charge in [0.2, 0.25) is 0 Å². The lowest BCUT2D eigenvalue weighted by atomic mass is 9.92. The summed E-state index contributed by atoms with van der Waals surface area (Å²) in [6, 6.07) is 31.6. The maximum Gasteiger partial charge on any atom is 0.156 e. The summed E-state index contributed by atoms with van der Waals surface area (Å²) in [5.74, 6) is 0. The monoisotopic (exact) mass is 672 g/mol. The van der Waals surface area contributed by atoms with E-state index in [-0.39, 0.29) is 0 Å². The van der Waals surface area contributed by atoms with Crippen LogP contribution < -0.4 is 0 Å². The molecule has 4 aromatic carbocycles.